The van der Waals surface area contributed by atoms with Crippen LogP contribution in [0, 0.1) is 0 Å². The van der Waals surface area contributed by atoms with E-state index >= 15 is 0 Å². The molecule has 92 valence electrons. The normalized spacial score (nSPS) is 12.6. The van der Waals surface area contributed by atoms with Gasteiger partial charge < -0.3 is 5.32 Å². The number of nitrogens with one attached hydrogen (secondary N) is 1. The zero-order valence-corrected chi connectivity index (χ0v) is 11.7. The van der Waals surface area contributed by atoms with Crippen LogP contribution in [0.3, 0.4) is 0 Å². The fourth-order valence-corrected chi connectivity index (χ4v) is 4.11. The van der Waals surface area contributed by atoms with E-state index in [0.717, 1.165) is 4.88 Å². The predicted octanol–water partition coefficient (Wildman–Crippen LogP) is 1.50. The van der Waals surface area contributed by atoms with Gasteiger partial charge >= 0.3 is 0 Å². The average molecular weight is 262 g/mol. The molecule has 1 aromatic heterocycles. The van der Waals surface area contributed by atoms with Crippen molar-refractivity contribution in [3.63, 3.8) is 0 Å². The topological polar surface area (TPSA) is 49.4 Å². The van der Waals surface area contributed by atoms with Crippen molar-refractivity contribution < 1.29 is 8.42 Å². The highest BCUT2D eigenvalue weighted by molar-refractivity contribution is 7.91. The Balaban J connectivity index is 2.98. The minimum Gasteiger partial charge on any atom is -0.315 e. The number of nitrogens with zero attached hydrogens (tertiary/aromatic N) is 1. The van der Waals surface area contributed by atoms with Crippen molar-refractivity contribution >= 4 is 21.4 Å². The molecule has 1 heterocycles. The lowest BCUT2D eigenvalue weighted by Gasteiger charge is -2.19. The first kappa shape index (κ1) is 13.6. The van der Waals surface area contributed by atoms with Gasteiger partial charge in [0.15, 0.2) is 0 Å². The Morgan fingerprint density at radius 3 is 2.56 bits per heavy atom. The molecule has 0 saturated heterocycles. The van der Waals surface area contributed by atoms with E-state index in [9.17, 15) is 8.42 Å². The molecule has 0 aliphatic rings. The molecular formula is C10H18N2O2S2. The predicted molar refractivity (Wildman–Crippen MR) is 67.2 cm³/mol. The first-order valence-electron chi connectivity index (χ1n) is 5.11. The van der Waals surface area contributed by atoms with Crippen molar-refractivity contribution in [3.05, 3.63) is 17.0 Å². The smallest absolute Gasteiger partial charge is 0.252 e. The molecule has 1 N–H and O–H groups in total. The first-order chi connectivity index (χ1) is 7.39. The lowest BCUT2D eigenvalue weighted by molar-refractivity contribution is 0.412. The lowest BCUT2D eigenvalue weighted by atomic mass is 10.4. The summed E-state index contributed by atoms with van der Waals surface area (Å²) in [4.78, 5) is 1.03. The zero-order valence-electron chi connectivity index (χ0n) is 10.0. The van der Waals surface area contributed by atoms with Crippen LogP contribution in [0.15, 0.2) is 16.3 Å². The highest BCUT2D eigenvalue weighted by Crippen LogP contribution is 2.25. The molecule has 0 radical (unpaired) electrons. The van der Waals surface area contributed by atoms with Crippen LogP contribution in [0.5, 0.6) is 0 Å². The van der Waals surface area contributed by atoms with Gasteiger partial charge in [0.1, 0.15) is 4.21 Å². The molecule has 0 atom stereocenters. The Morgan fingerprint density at radius 2 is 2.06 bits per heavy atom. The third-order valence-electron chi connectivity index (χ3n) is 2.35. The second-order valence-electron chi connectivity index (χ2n) is 3.87. The molecular weight excluding hydrogens is 244 g/mol. The SMILES string of the molecule is CNCc1ccc(S(=O)(=O)N(C)C(C)C)s1. The maximum Gasteiger partial charge on any atom is 0.252 e. The lowest BCUT2D eigenvalue weighted by Crippen LogP contribution is -2.32. The van der Waals surface area contributed by atoms with Crippen molar-refractivity contribution in [1.29, 1.82) is 0 Å². The van der Waals surface area contributed by atoms with Crippen LogP contribution in [-0.4, -0.2) is 32.9 Å². The largest absolute Gasteiger partial charge is 0.315 e. The van der Waals surface area contributed by atoms with Crippen molar-refractivity contribution in [2.45, 2.75) is 30.6 Å². The van der Waals surface area contributed by atoms with Gasteiger partial charge in [-0.25, -0.2) is 8.42 Å². The molecule has 0 aromatic carbocycles. The van der Waals surface area contributed by atoms with Gasteiger partial charge in [-0.1, -0.05) is 0 Å². The first-order valence-corrected chi connectivity index (χ1v) is 7.36. The monoisotopic (exact) mass is 262 g/mol. The maximum atomic E-state index is 12.1. The summed E-state index contributed by atoms with van der Waals surface area (Å²) in [7, 11) is 0.138. The Bertz CT molecular complexity index is 437. The summed E-state index contributed by atoms with van der Waals surface area (Å²) in [5.74, 6) is 0. The molecule has 0 unspecified atom stereocenters. The highest BCUT2D eigenvalue weighted by atomic mass is 32.2. The van der Waals surface area contributed by atoms with Crippen molar-refractivity contribution in [2.75, 3.05) is 14.1 Å². The molecule has 1 aromatic rings. The molecule has 0 fully saturated rings. The molecule has 0 amide bonds. The number of rotatable bonds is 5. The van der Waals surface area contributed by atoms with Gasteiger partial charge in [-0.05, 0) is 33.0 Å². The maximum absolute atomic E-state index is 12.1. The molecule has 0 aliphatic heterocycles. The van der Waals surface area contributed by atoms with Gasteiger partial charge in [0, 0.05) is 24.5 Å². The van der Waals surface area contributed by atoms with Crippen molar-refractivity contribution in [3.8, 4) is 0 Å². The van der Waals surface area contributed by atoms with E-state index in [1.54, 1.807) is 13.1 Å². The Kier molecular flexibility index (Phi) is 4.49. The molecule has 0 spiro atoms. The summed E-state index contributed by atoms with van der Waals surface area (Å²) in [5.41, 5.74) is 0. The molecule has 4 nitrogen and oxygen atoms in total. The fourth-order valence-electron chi connectivity index (χ4n) is 1.19. The summed E-state index contributed by atoms with van der Waals surface area (Å²) in [6.07, 6.45) is 0. The number of sulfonamides is 1. The van der Waals surface area contributed by atoms with E-state index < -0.39 is 10.0 Å². The Labute approximate surface area is 101 Å². The van der Waals surface area contributed by atoms with Gasteiger partial charge in [0.25, 0.3) is 10.0 Å². The molecule has 6 heteroatoms. The third-order valence-corrected chi connectivity index (χ3v) is 5.93. The van der Waals surface area contributed by atoms with E-state index in [2.05, 4.69) is 5.32 Å². The Hall–Kier alpha value is -0.430. The van der Waals surface area contributed by atoms with E-state index in [-0.39, 0.29) is 6.04 Å². The average Bonchev–Trinajstić information content (AvgIpc) is 2.66. The fraction of sp³-hybridized carbons (Fsp3) is 0.600. The number of hydrogen-bond acceptors (Lipinski definition) is 4. The van der Waals surface area contributed by atoms with Gasteiger partial charge in [-0.3, -0.25) is 0 Å². The standard InChI is InChI=1S/C10H18N2O2S2/c1-8(2)12(4)16(13,14)10-6-5-9(15-10)7-11-3/h5-6,8,11H,7H2,1-4H3. The summed E-state index contributed by atoms with van der Waals surface area (Å²) in [6.45, 7) is 4.42. The number of hydrogen-bond donors (Lipinski definition) is 1. The minimum absolute atomic E-state index is 0.0279. The molecule has 16 heavy (non-hydrogen) atoms. The molecule has 0 aliphatic carbocycles. The molecule has 1 rings (SSSR count). The van der Waals surface area contributed by atoms with Crippen LogP contribution in [0.1, 0.15) is 18.7 Å². The highest BCUT2D eigenvalue weighted by Gasteiger charge is 2.24. The quantitative estimate of drug-likeness (QED) is 0.875. The zero-order chi connectivity index (χ0) is 12.3. The van der Waals surface area contributed by atoms with Crippen LogP contribution in [0.25, 0.3) is 0 Å². The van der Waals surface area contributed by atoms with E-state index in [4.69, 9.17) is 0 Å². The van der Waals surface area contributed by atoms with E-state index in [1.807, 2.05) is 27.0 Å². The number of thiophene rings is 1. The second-order valence-corrected chi connectivity index (χ2v) is 7.26. The summed E-state index contributed by atoms with van der Waals surface area (Å²) in [5, 5.41) is 3.00. The van der Waals surface area contributed by atoms with Crippen molar-refractivity contribution in [2.24, 2.45) is 0 Å². The third kappa shape index (κ3) is 2.82. The molecule has 0 saturated carbocycles. The van der Waals surface area contributed by atoms with Crippen LogP contribution in [-0.2, 0) is 16.6 Å². The van der Waals surface area contributed by atoms with Crippen LogP contribution in [0.2, 0.25) is 0 Å². The van der Waals surface area contributed by atoms with Crippen LogP contribution in [0.4, 0.5) is 0 Å². The molecule has 0 bridgehead atoms. The van der Waals surface area contributed by atoms with Gasteiger partial charge in [0.05, 0.1) is 0 Å². The summed E-state index contributed by atoms with van der Waals surface area (Å²) < 4.78 is 26.0. The second kappa shape index (κ2) is 5.27. The van der Waals surface area contributed by atoms with Crippen LogP contribution >= 0.6 is 11.3 Å². The van der Waals surface area contributed by atoms with E-state index in [1.165, 1.54) is 15.6 Å². The van der Waals surface area contributed by atoms with E-state index in [0.29, 0.717) is 10.8 Å². The summed E-state index contributed by atoms with van der Waals surface area (Å²) in [6, 6.07) is 3.49. The van der Waals surface area contributed by atoms with Crippen molar-refractivity contribution in [1.82, 2.24) is 9.62 Å². The van der Waals surface area contributed by atoms with Gasteiger partial charge in [-0.15, -0.1) is 11.3 Å². The minimum atomic E-state index is -3.31. The summed E-state index contributed by atoms with van der Waals surface area (Å²) >= 11 is 1.32. The Morgan fingerprint density at radius 1 is 1.44 bits per heavy atom. The van der Waals surface area contributed by atoms with Crippen LogP contribution < -0.4 is 5.32 Å². The van der Waals surface area contributed by atoms with Gasteiger partial charge in [0.2, 0.25) is 0 Å². The van der Waals surface area contributed by atoms with Gasteiger partial charge in [-0.2, -0.15) is 4.31 Å².